The molecule has 1 saturated heterocycles. The van der Waals surface area contributed by atoms with Gasteiger partial charge in [-0.15, -0.1) is 0 Å². The normalized spacial score (nSPS) is 30.1. The van der Waals surface area contributed by atoms with Crippen molar-refractivity contribution in [2.75, 3.05) is 6.61 Å². The largest absolute Gasteiger partial charge is 0.394 e. The minimum atomic E-state index is -3.16. The molecule has 1 aliphatic heterocycles. The van der Waals surface area contributed by atoms with Crippen LogP contribution in [0.4, 0.5) is 13.2 Å². The van der Waals surface area contributed by atoms with E-state index < -0.39 is 54.5 Å². The zero-order valence-electron chi connectivity index (χ0n) is 9.87. The molecule has 20 heavy (non-hydrogen) atoms. The standard InChI is InChI=1S/C10H11F3N2O5/c11-5-6(17)4(2-16)20-9(5)15-1-3(7(12)13)8(18)14-10(15)19/h1,4-7,9,16-17H,2H2,(H,14,18,19)/t4-,5?,6?,9-/m0/s1. The second kappa shape index (κ2) is 5.38. The fourth-order valence-corrected chi connectivity index (χ4v) is 1.92. The molecule has 1 aromatic heterocycles. The van der Waals surface area contributed by atoms with Crippen molar-refractivity contribution in [3.8, 4) is 0 Å². The number of alkyl halides is 3. The highest BCUT2D eigenvalue weighted by Crippen LogP contribution is 2.31. The van der Waals surface area contributed by atoms with Gasteiger partial charge >= 0.3 is 5.69 Å². The summed E-state index contributed by atoms with van der Waals surface area (Å²) in [5.74, 6) is 0. The van der Waals surface area contributed by atoms with Crippen molar-refractivity contribution in [3.63, 3.8) is 0 Å². The van der Waals surface area contributed by atoms with Gasteiger partial charge in [-0.3, -0.25) is 14.3 Å². The Bertz CT molecular complexity index is 601. The van der Waals surface area contributed by atoms with Crippen molar-refractivity contribution >= 4 is 0 Å². The molecule has 0 amide bonds. The number of nitrogens with one attached hydrogen (secondary N) is 1. The Morgan fingerprint density at radius 1 is 1.45 bits per heavy atom. The Hall–Kier alpha value is -1.65. The first-order valence-electron chi connectivity index (χ1n) is 5.58. The monoisotopic (exact) mass is 296 g/mol. The predicted molar refractivity (Wildman–Crippen MR) is 58.2 cm³/mol. The van der Waals surface area contributed by atoms with Crippen LogP contribution in [0.15, 0.2) is 15.8 Å². The lowest BCUT2D eigenvalue weighted by molar-refractivity contribution is -0.0495. The molecule has 3 N–H and O–H groups in total. The minimum absolute atomic E-state index is 0.423. The highest BCUT2D eigenvalue weighted by atomic mass is 19.3. The smallest absolute Gasteiger partial charge is 0.330 e. The van der Waals surface area contributed by atoms with E-state index in [1.165, 1.54) is 0 Å². The summed E-state index contributed by atoms with van der Waals surface area (Å²) in [6.45, 7) is -0.710. The fourth-order valence-electron chi connectivity index (χ4n) is 1.92. The second-order valence-corrected chi connectivity index (χ2v) is 4.23. The van der Waals surface area contributed by atoms with E-state index in [1.54, 1.807) is 4.98 Å². The average molecular weight is 296 g/mol. The lowest BCUT2D eigenvalue weighted by atomic mass is 10.1. The molecule has 0 aromatic carbocycles. The molecule has 0 saturated carbocycles. The summed E-state index contributed by atoms with van der Waals surface area (Å²) in [5.41, 5.74) is -3.46. The maximum atomic E-state index is 13.8. The van der Waals surface area contributed by atoms with Crippen LogP contribution in [0.25, 0.3) is 0 Å². The van der Waals surface area contributed by atoms with Crippen LogP contribution < -0.4 is 11.2 Å². The summed E-state index contributed by atoms with van der Waals surface area (Å²) in [7, 11) is 0. The number of aromatic nitrogens is 2. The number of hydrogen-bond donors (Lipinski definition) is 3. The Kier molecular flexibility index (Phi) is 3.97. The van der Waals surface area contributed by atoms with E-state index in [4.69, 9.17) is 9.84 Å². The number of aliphatic hydroxyl groups is 2. The second-order valence-electron chi connectivity index (χ2n) is 4.23. The van der Waals surface area contributed by atoms with E-state index in [0.29, 0.717) is 10.8 Å². The Labute approximate surface area is 109 Å². The molecule has 7 nitrogen and oxygen atoms in total. The molecule has 1 fully saturated rings. The summed E-state index contributed by atoms with van der Waals surface area (Å²) in [4.78, 5) is 24.3. The van der Waals surface area contributed by atoms with E-state index in [2.05, 4.69) is 0 Å². The maximum absolute atomic E-state index is 13.8. The van der Waals surface area contributed by atoms with Gasteiger partial charge in [-0.1, -0.05) is 0 Å². The summed E-state index contributed by atoms with van der Waals surface area (Å²) in [5, 5.41) is 18.3. The SMILES string of the molecule is O=c1[nH]c(=O)n([C@H]2O[C@@H](CO)C(O)C2F)cc1C(F)F. The molecule has 1 aliphatic rings. The third-order valence-electron chi connectivity index (χ3n) is 2.98. The van der Waals surface area contributed by atoms with E-state index in [1.807, 2.05) is 0 Å². The first-order chi connectivity index (χ1) is 9.36. The molecule has 2 unspecified atom stereocenters. The van der Waals surface area contributed by atoms with Crippen LogP contribution in [-0.4, -0.2) is 44.8 Å². The van der Waals surface area contributed by atoms with Gasteiger partial charge in [-0.2, -0.15) is 0 Å². The summed E-state index contributed by atoms with van der Waals surface area (Å²) < 4.78 is 44.3. The molecule has 1 aromatic rings. The Morgan fingerprint density at radius 2 is 2.10 bits per heavy atom. The van der Waals surface area contributed by atoms with Crippen LogP contribution in [0.1, 0.15) is 18.2 Å². The van der Waals surface area contributed by atoms with E-state index in [0.717, 1.165) is 0 Å². The van der Waals surface area contributed by atoms with Gasteiger partial charge in [0.1, 0.15) is 12.2 Å². The highest BCUT2D eigenvalue weighted by molar-refractivity contribution is 5.07. The van der Waals surface area contributed by atoms with Gasteiger partial charge in [0.25, 0.3) is 12.0 Å². The van der Waals surface area contributed by atoms with Crippen molar-refractivity contribution < 1.29 is 28.1 Å². The van der Waals surface area contributed by atoms with Crippen LogP contribution in [-0.2, 0) is 4.74 Å². The van der Waals surface area contributed by atoms with Gasteiger partial charge in [0.2, 0.25) is 0 Å². The first kappa shape index (κ1) is 14.8. The van der Waals surface area contributed by atoms with Gasteiger partial charge in [-0.05, 0) is 0 Å². The molecule has 4 atom stereocenters. The average Bonchev–Trinajstić information content (AvgIpc) is 2.66. The molecule has 0 radical (unpaired) electrons. The molecule has 0 spiro atoms. The van der Waals surface area contributed by atoms with Crippen molar-refractivity contribution in [1.29, 1.82) is 0 Å². The van der Waals surface area contributed by atoms with Crippen LogP contribution >= 0.6 is 0 Å². The number of H-pyrrole nitrogens is 1. The number of halogens is 3. The summed E-state index contributed by atoms with van der Waals surface area (Å²) in [6, 6.07) is 0. The first-order valence-corrected chi connectivity index (χ1v) is 5.58. The molecular formula is C10H11F3N2O5. The van der Waals surface area contributed by atoms with Gasteiger partial charge in [0.05, 0.1) is 12.2 Å². The van der Waals surface area contributed by atoms with E-state index in [9.17, 15) is 27.9 Å². The minimum Gasteiger partial charge on any atom is -0.394 e. The van der Waals surface area contributed by atoms with Crippen molar-refractivity contribution in [3.05, 3.63) is 32.6 Å². The van der Waals surface area contributed by atoms with E-state index in [-0.39, 0.29) is 0 Å². The van der Waals surface area contributed by atoms with Crippen LogP contribution in [0.2, 0.25) is 0 Å². The van der Waals surface area contributed by atoms with Gasteiger partial charge in [-0.25, -0.2) is 18.0 Å². The lowest BCUT2D eigenvalue weighted by Crippen LogP contribution is -2.37. The molecule has 2 rings (SSSR count). The number of hydrogen-bond acceptors (Lipinski definition) is 5. The van der Waals surface area contributed by atoms with Gasteiger partial charge in [0.15, 0.2) is 12.4 Å². The van der Waals surface area contributed by atoms with Crippen LogP contribution in [0.3, 0.4) is 0 Å². The molecular weight excluding hydrogens is 285 g/mol. The zero-order chi connectivity index (χ0) is 15.0. The maximum Gasteiger partial charge on any atom is 0.330 e. The van der Waals surface area contributed by atoms with E-state index >= 15 is 0 Å². The van der Waals surface area contributed by atoms with Gasteiger partial charge < -0.3 is 14.9 Å². The third kappa shape index (κ3) is 2.37. The number of aliphatic hydroxyl groups excluding tert-OH is 2. The number of rotatable bonds is 3. The topological polar surface area (TPSA) is 105 Å². The molecule has 10 heteroatoms. The fraction of sp³-hybridized carbons (Fsp3) is 0.600. The van der Waals surface area contributed by atoms with Crippen molar-refractivity contribution in [2.45, 2.75) is 31.0 Å². The lowest BCUT2D eigenvalue weighted by Gasteiger charge is -2.16. The quantitative estimate of drug-likeness (QED) is 0.668. The third-order valence-corrected chi connectivity index (χ3v) is 2.98. The predicted octanol–water partition coefficient (Wildman–Crippen LogP) is -0.937. The number of nitrogens with zero attached hydrogens (tertiary/aromatic N) is 1. The van der Waals surface area contributed by atoms with Crippen LogP contribution in [0.5, 0.6) is 0 Å². The van der Waals surface area contributed by atoms with Gasteiger partial charge in [0, 0.05) is 6.20 Å². The summed E-state index contributed by atoms with van der Waals surface area (Å²) in [6.07, 6.45) is -9.49. The highest BCUT2D eigenvalue weighted by Gasteiger charge is 2.45. The molecule has 2 heterocycles. The zero-order valence-corrected chi connectivity index (χ0v) is 9.87. The summed E-state index contributed by atoms with van der Waals surface area (Å²) >= 11 is 0. The van der Waals surface area contributed by atoms with Crippen molar-refractivity contribution in [2.24, 2.45) is 0 Å². The molecule has 0 bridgehead atoms. The Balaban J connectivity index is 2.46. The number of ether oxygens (including phenoxy) is 1. The molecule has 0 aliphatic carbocycles. The molecule has 112 valence electrons. The van der Waals surface area contributed by atoms with Crippen molar-refractivity contribution in [1.82, 2.24) is 9.55 Å². The van der Waals surface area contributed by atoms with Crippen LogP contribution in [0, 0.1) is 0 Å². The Morgan fingerprint density at radius 3 is 2.60 bits per heavy atom. The number of aromatic amines is 1.